The third-order valence-electron chi connectivity index (χ3n) is 3.77. The van der Waals surface area contributed by atoms with Gasteiger partial charge in [0.25, 0.3) is 0 Å². The minimum Gasteiger partial charge on any atom is -0.271 e. The highest BCUT2D eigenvalue weighted by Crippen LogP contribution is 2.29. The van der Waals surface area contributed by atoms with Crippen molar-refractivity contribution in [3.8, 4) is 0 Å². The summed E-state index contributed by atoms with van der Waals surface area (Å²) in [6.45, 7) is 1.87. The summed E-state index contributed by atoms with van der Waals surface area (Å²) >= 11 is 0. The molecule has 108 valence electrons. The molecule has 0 fully saturated rings. The number of nitrogens with one attached hydrogen (secondary N) is 1. The van der Waals surface area contributed by atoms with E-state index in [0.717, 1.165) is 27.7 Å². The molecule has 0 amide bonds. The molecule has 0 aliphatic heterocycles. The molecule has 21 heavy (non-hydrogen) atoms. The van der Waals surface area contributed by atoms with Crippen LogP contribution >= 0.6 is 0 Å². The van der Waals surface area contributed by atoms with Gasteiger partial charge in [-0.05, 0) is 36.2 Å². The van der Waals surface area contributed by atoms with Crippen molar-refractivity contribution in [2.24, 2.45) is 12.9 Å². The second-order valence-electron chi connectivity index (χ2n) is 5.13. The lowest BCUT2D eigenvalue weighted by Gasteiger charge is -2.17. The minimum atomic E-state index is -0.281. The maximum absolute atomic E-state index is 13.3. The second kappa shape index (κ2) is 5.27. The first-order valence-electron chi connectivity index (χ1n) is 6.75. The third kappa shape index (κ3) is 2.30. The number of rotatable bonds is 3. The Balaban J connectivity index is 2.18. The van der Waals surface area contributed by atoms with Gasteiger partial charge in [0.15, 0.2) is 0 Å². The monoisotopic (exact) mass is 284 g/mol. The first-order valence-corrected chi connectivity index (χ1v) is 6.75. The maximum atomic E-state index is 13.3. The number of fused-ring (bicyclic) bond motifs is 1. The third-order valence-corrected chi connectivity index (χ3v) is 3.77. The summed E-state index contributed by atoms with van der Waals surface area (Å²) in [5, 5.41) is 5.62. The number of hydrogen-bond acceptors (Lipinski definition) is 3. The Morgan fingerprint density at radius 2 is 2.00 bits per heavy atom. The van der Waals surface area contributed by atoms with Gasteiger partial charge in [-0.25, -0.2) is 9.82 Å². The topological polar surface area (TPSA) is 55.9 Å². The molecule has 0 saturated heterocycles. The lowest BCUT2D eigenvalue weighted by Crippen LogP contribution is -2.30. The van der Waals surface area contributed by atoms with Crippen LogP contribution < -0.4 is 11.3 Å². The normalized spacial score (nSPS) is 12.8. The number of nitrogens with two attached hydrogens (primary N) is 1. The van der Waals surface area contributed by atoms with Crippen molar-refractivity contribution in [1.82, 2.24) is 15.2 Å². The Morgan fingerprint density at radius 1 is 1.24 bits per heavy atom. The Kier molecular flexibility index (Phi) is 3.45. The van der Waals surface area contributed by atoms with E-state index in [1.54, 1.807) is 6.07 Å². The van der Waals surface area contributed by atoms with Crippen LogP contribution in [0.5, 0.6) is 0 Å². The Bertz CT molecular complexity index is 794. The lowest BCUT2D eigenvalue weighted by atomic mass is 9.97. The van der Waals surface area contributed by atoms with Crippen molar-refractivity contribution in [1.29, 1.82) is 0 Å². The molecular formula is C16H17FN4. The number of nitrogens with zero attached hydrogens (tertiary/aromatic N) is 2. The molecule has 3 N–H and O–H groups in total. The van der Waals surface area contributed by atoms with Crippen LogP contribution in [0.3, 0.4) is 0 Å². The van der Waals surface area contributed by atoms with Crippen LogP contribution in [0.15, 0.2) is 42.5 Å². The van der Waals surface area contributed by atoms with E-state index in [4.69, 9.17) is 5.84 Å². The van der Waals surface area contributed by atoms with E-state index in [-0.39, 0.29) is 11.9 Å². The summed E-state index contributed by atoms with van der Waals surface area (Å²) in [4.78, 5) is 0. The molecule has 0 aliphatic rings. The molecule has 1 atom stereocenters. The van der Waals surface area contributed by atoms with Crippen LogP contribution in [-0.2, 0) is 7.05 Å². The number of para-hydroxylation sites is 1. The van der Waals surface area contributed by atoms with Crippen molar-refractivity contribution < 1.29 is 4.39 Å². The van der Waals surface area contributed by atoms with E-state index >= 15 is 0 Å². The van der Waals surface area contributed by atoms with E-state index in [2.05, 4.69) is 10.5 Å². The van der Waals surface area contributed by atoms with Gasteiger partial charge in [0.05, 0.1) is 17.3 Å². The van der Waals surface area contributed by atoms with Crippen LogP contribution in [0.25, 0.3) is 10.9 Å². The van der Waals surface area contributed by atoms with Crippen molar-refractivity contribution in [3.05, 3.63) is 65.1 Å². The quantitative estimate of drug-likeness (QED) is 0.574. The van der Waals surface area contributed by atoms with Crippen molar-refractivity contribution in [2.75, 3.05) is 0 Å². The summed E-state index contributed by atoms with van der Waals surface area (Å²) in [6, 6.07) is 12.4. The predicted molar refractivity (Wildman–Crippen MR) is 81.0 cm³/mol. The van der Waals surface area contributed by atoms with Gasteiger partial charge in [0.2, 0.25) is 0 Å². The standard InChI is InChI=1S/C16H17FN4/c1-10-9-11(17)7-8-12(10)15(19-18)16-13-5-3-4-6-14(13)21(2)20-16/h3-9,15,19H,18H2,1-2H3. The SMILES string of the molecule is Cc1cc(F)ccc1C(NN)c1nn(C)c2ccccc12. The smallest absolute Gasteiger partial charge is 0.123 e. The highest BCUT2D eigenvalue weighted by Gasteiger charge is 2.21. The predicted octanol–water partition coefficient (Wildman–Crippen LogP) is 2.57. The number of benzene rings is 2. The first kappa shape index (κ1) is 13.7. The number of hydrazine groups is 1. The Hall–Kier alpha value is -2.24. The molecule has 0 spiro atoms. The van der Waals surface area contributed by atoms with Gasteiger partial charge in [0.1, 0.15) is 5.82 Å². The molecule has 3 rings (SSSR count). The summed E-state index contributed by atoms with van der Waals surface area (Å²) < 4.78 is 15.1. The molecular weight excluding hydrogens is 267 g/mol. The molecule has 1 aromatic heterocycles. The van der Waals surface area contributed by atoms with Gasteiger partial charge < -0.3 is 0 Å². The van der Waals surface area contributed by atoms with E-state index < -0.39 is 0 Å². The van der Waals surface area contributed by atoms with Crippen LogP contribution in [0.4, 0.5) is 4.39 Å². The fourth-order valence-corrected chi connectivity index (χ4v) is 2.73. The van der Waals surface area contributed by atoms with Crippen LogP contribution in [0, 0.1) is 12.7 Å². The molecule has 5 heteroatoms. The summed E-state index contributed by atoms with van der Waals surface area (Å²) in [5.41, 5.74) is 6.43. The maximum Gasteiger partial charge on any atom is 0.123 e. The molecule has 1 unspecified atom stereocenters. The largest absolute Gasteiger partial charge is 0.271 e. The van der Waals surface area contributed by atoms with Gasteiger partial charge in [-0.1, -0.05) is 24.3 Å². The fourth-order valence-electron chi connectivity index (χ4n) is 2.73. The van der Waals surface area contributed by atoms with Crippen molar-refractivity contribution in [2.45, 2.75) is 13.0 Å². The zero-order valence-electron chi connectivity index (χ0n) is 12.0. The van der Waals surface area contributed by atoms with E-state index in [9.17, 15) is 4.39 Å². The van der Waals surface area contributed by atoms with E-state index in [1.807, 2.05) is 42.9 Å². The Morgan fingerprint density at radius 3 is 2.71 bits per heavy atom. The van der Waals surface area contributed by atoms with Crippen molar-refractivity contribution in [3.63, 3.8) is 0 Å². The zero-order chi connectivity index (χ0) is 15.0. The van der Waals surface area contributed by atoms with Crippen LogP contribution in [0.1, 0.15) is 22.9 Å². The van der Waals surface area contributed by atoms with Crippen LogP contribution in [0.2, 0.25) is 0 Å². The van der Waals surface area contributed by atoms with Gasteiger partial charge in [-0.3, -0.25) is 10.5 Å². The van der Waals surface area contributed by atoms with E-state index in [1.165, 1.54) is 12.1 Å². The Labute approximate surface area is 122 Å². The average molecular weight is 284 g/mol. The lowest BCUT2D eigenvalue weighted by molar-refractivity contribution is 0.596. The zero-order valence-corrected chi connectivity index (χ0v) is 12.0. The number of aromatic nitrogens is 2. The molecule has 1 heterocycles. The molecule has 0 saturated carbocycles. The molecule has 0 aliphatic carbocycles. The highest BCUT2D eigenvalue weighted by molar-refractivity contribution is 5.82. The van der Waals surface area contributed by atoms with E-state index in [0.29, 0.717) is 0 Å². The average Bonchev–Trinajstić information content (AvgIpc) is 2.80. The molecule has 2 aromatic carbocycles. The fraction of sp³-hybridized carbons (Fsp3) is 0.188. The summed E-state index contributed by atoms with van der Waals surface area (Å²) in [7, 11) is 1.90. The van der Waals surface area contributed by atoms with Gasteiger partial charge in [-0.2, -0.15) is 5.10 Å². The molecule has 4 nitrogen and oxygen atoms in total. The summed E-state index contributed by atoms with van der Waals surface area (Å²) in [6.07, 6.45) is 0. The van der Waals surface area contributed by atoms with Gasteiger partial charge in [-0.15, -0.1) is 0 Å². The molecule has 3 aromatic rings. The molecule has 0 bridgehead atoms. The number of aryl methyl sites for hydroxylation is 2. The number of halogens is 1. The summed E-state index contributed by atoms with van der Waals surface area (Å²) in [5.74, 6) is 5.50. The van der Waals surface area contributed by atoms with Crippen molar-refractivity contribution >= 4 is 10.9 Å². The number of hydrogen-bond donors (Lipinski definition) is 2. The first-order chi connectivity index (χ1) is 10.1. The molecule has 0 radical (unpaired) electrons. The van der Waals surface area contributed by atoms with Gasteiger partial charge >= 0.3 is 0 Å². The minimum absolute atomic E-state index is 0.252. The second-order valence-corrected chi connectivity index (χ2v) is 5.13. The highest BCUT2D eigenvalue weighted by atomic mass is 19.1. The van der Waals surface area contributed by atoms with Crippen LogP contribution in [-0.4, -0.2) is 9.78 Å². The van der Waals surface area contributed by atoms with Gasteiger partial charge in [0, 0.05) is 12.4 Å².